The summed E-state index contributed by atoms with van der Waals surface area (Å²) in [5.74, 6) is 0.537. The Hall–Kier alpha value is -2.57. The van der Waals surface area contributed by atoms with E-state index < -0.39 is 0 Å². The van der Waals surface area contributed by atoms with Gasteiger partial charge in [0, 0.05) is 21.8 Å². The summed E-state index contributed by atoms with van der Waals surface area (Å²) < 4.78 is 5.42. The molecule has 0 aliphatic heterocycles. The number of aromatic nitrogens is 1. The van der Waals surface area contributed by atoms with Gasteiger partial charge in [0.05, 0.1) is 6.61 Å². The maximum Gasteiger partial charge on any atom is 0.275 e. The van der Waals surface area contributed by atoms with E-state index in [1.807, 2.05) is 50.2 Å². The van der Waals surface area contributed by atoms with Crippen LogP contribution in [0.4, 0.5) is 16.5 Å². The molecular formula is C19H18ClN3O2S. The van der Waals surface area contributed by atoms with Crippen LogP contribution in [-0.4, -0.2) is 17.5 Å². The van der Waals surface area contributed by atoms with Crippen molar-refractivity contribution in [3.63, 3.8) is 0 Å². The first-order valence-corrected chi connectivity index (χ1v) is 9.34. The summed E-state index contributed by atoms with van der Waals surface area (Å²) in [4.78, 5) is 16.7. The van der Waals surface area contributed by atoms with Crippen molar-refractivity contribution < 1.29 is 9.53 Å². The maximum atomic E-state index is 12.3. The number of rotatable bonds is 6. The van der Waals surface area contributed by atoms with Gasteiger partial charge in [-0.3, -0.25) is 4.79 Å². The fraction of sp³-hybridized carbons (Fsp3) is 0.158. The summed E-state index contributed by atoms with van der Waals surface area (Å²) >= 11 is 7.45. The Labute approximate surface area is 161 Å². The number of hydrogen-bond donors (Lipinski definition) is 2. The summed E-state index contributed by atoms with van der Waals surface area (Å²) in [5.41, 5.74) is 2.82. The highest BCUT2D eigenvalue weighted by Gasteiger charge is 2.12. The summed E-state index contributed by atoms with van der Waals surface area (Å²) in [5, 5.41) is 8.94. The van der Waals surface area contributed by atoms with Crippen LogP contribution in [0.5, 0.6) is 5.75 Å². The summed E-state index contributed by atoms with van der Waals surface area (Å²) in [6.45, 7) is 4.48. The van der Waals surface area contributed by atoms with E-state index in [4.69, 9.17) is 16.3 Å². The van der Waals surface area contributed by atoms with Gasteiger partial charge in [0.25, 0.3) is 5.91 Å². The second-order valence-corrected chi connectivity index (χ2v) is 6.80. The molecule has 0 spiro atoms. The summed E-state index contributed by atoms with van der Waals surface area (Å²) in [7, 11) is 0. The largest absolute Gasteiger partial charge is 0.494 e. The average molecular weight is 388 g/mol. The highest BCUT2D eigenvalue weighted by Crippen LogP contribution is 2.24. The van der Waals surface area contributed by atoms with E-state index in [0.29, 0.717) is 28.1 Å². The lowest BCUT2D eigenvalue weighted by Crippen LogP contribution is -2.12. The lowest BCUT2D eigenvalue weighted by Gasteiger charge is -2.06. The molecule has 2 aromatic carbocycles. The van der Waals surface area contributed by atoms with Crippen LogP contribution in [0.3, 0.4) is 0 Å². The number of aryl methyl sites for hydroxylation is 1. The lowest BCUT2D eigenvalue weighted by atomic mass is 10.2. The molecule has 0 aliphatic carbocycles. The van der Waals surface area contributed by atoms with Crippen LogP contribution in [0.2, 0.25) is 5.02 Å². The quantitative estimate of drug-likeness (QED) is 0.586. The predicted octanol–water partition coefficient (Wildman–Crippen LogP) is 5.50. The third kappa shape index (κ3) is 4.53. The number of halogens is 1. The topological polar surface area (TPSA) is 63.2 Å². The standard InChI is InChI=1S/C19H18ClN3O2S/c1-3-25-15-8-6-13(7-9-15)22-19-23-17(11-26-19)18(24)21-14-5-4-12(2)16(20)10-14/h4-11H,3H2,1-2H3,(H,21,24)(H,22,23). The van der Waals surface area contributed by atoms with Crippen LogP contribution in [0.15, 0.2) is 47.8 Å². The van der Waals surface area contributed by atoms with Gasteiger partial charge in [-0.25, -0.2) is 4.98 Å². The van der Waals surface area contributed by atoms with Gasteiger partial charge < -0.3 is 15.4 Å². The monoisotopic (exact) mass is 387 g/mol. The van der Waals surface area contributed by atoms with Crippen LogP contribution in [0.25, 0.3) is 0 Å². The lowest BCUT2D eigenvalue weighted by molar-refractivity contribution is 0.102. The van der Waals surface area contributed by atoms with Crippen LogP contribution in [-0.2, 0) is 0 Å². The van der Waals surface area contributed by atoms with E-state index in [1.54, 1.807) is 11.4 Å². The Kier molecular flexibility index (Phi) is 5.75. The maximum absolute atomic E-state index is 12.3. The molecule has 1 aromatic heterocycles. The third-order valence-corrected chi connectivity index (χ3v) is 4.75. The molecule has 0 radical (unpaired) electrons. The number of amides is 1. The fourth-order valence-corrected chi connectivity index (χ4v) is 3.12. The van der Waals surface area contributed by atoms with Crippen molar-refractivity contribution in [3.8, 4) is 5.75 Å². The Morgan fingerprint density at radius 2 is 1.92 bits per heavy atom. The molecule has 3 rings (SSSR count). The molecule has 0 bridgehead atoms. The Morgan fingerprint density at radius 1 is 1.19 bits per heavy atom. The van der Waals surface area contributed by atoms with Crippen LogP contribution in [0.1, 0.15) is 23.0 Å². The van der Waals surface area contributed by atoms with Crippen LogP contribution >= 0.6 is 22.9 Å². The molecule has 0 atom stereocenters. The molecule has 134 valence electrons. The molecule has 1 heterocycles. The number of thiazole rings is 1. The molecule has 0 aliphatic rings. The second kappa shape index (κ2) is 8.21. The SMILES string of the molecule is CCOc1ccc(Nc2nc(C(=O)Nc3ccc(C)c(Cl)c3)cs2)cc1. The smallest absolute Gasteiger partial charge is 0.275 e. The third-order valence-electron chi connectivity index (χ3n) is 3.58. The number of carbonyl (C=O) groups excluding carboxylic acids is 1. The molecule has 0 fully saturated rings. The molecule has 0 saturated carbocycles. The minimum Gasteiger partial charge on any atom is -0.494 e. The van der Waals surface area contributed by atoms with Gasteiger partial charge in [-0.2, -0.15) is 0 Å². The zero-order chi connectivity index (χ0) is 18.5. The number of carbonyl (C=O) groups is 1. The van der Waals surface area contributed by atoms with Gasteiger partial charge in [-0.15, -0.1) is 11.3 Å². The highest BCUT2D eigenvalue weighted by molar-refractivity contribution is 7.14. The van der Waals surface area contributed by atoms with Crippen molar-refractivity contribution in [2.75, 3.05) is 17.2 Å². The number of benzene rings is 2. The van der Waals surface area contributed by atoms with Gasteiger partial charge >= 0.3 is 0 Å². The molecule has 26 heavy (non-hydrogen) atoms. The van der Waals surface area contributed by atoms with Crippen molar-refractivity contribution in [3.05, 3.63) is 64.1 Å². The van der Waals surface area contributed by atoms with Crippen LogP contribution < -0.4 is 15.4 Å². The van der Waals surface area contributed by atoms with Crippen molar-refractivity contribution in [1.82, 2.24) is 4.98 Å². The summed E-state index contributed by atoms with van der Waals surface area (Å²) in [6.07, 6.45) is 0. The first kappa shape index (κ1) is 18.2. The molecule has 1 amide bonds. The van der Waals surface area contributed by atoms with Gasteiger partial charge in [0.15, 0.2) is 5.13 Å². The van der Waals surface area contributed by atoms with Crippen molar-refractivity contribution >= 4 is 45.4 Å². The van der Waals surface area contributed by atoms with Gasteiger partial charge in [-0.1, -0.05) is 17.7 Å². The Balaban J connectivity index is 1.64. The minimum absolute atomic E-state index is 0.277. The zero-order valence-electron chi connectivity index (χ0n) is 14.4. The van der Waals surface area contributed by atoms with Gasteiger partial charge in [0.2, 0.25) is 0 Å². The fourth-order valence-electron chi connectivity index (χ4n) is 2.23. The molecule has 0 unspecified atom stereocenters. The average Bonchev–Trinajstić information content (AvgIpc) is 3.09. The Bertz CT molecular complexity index is 909. The molecular weight excluding hydrogens is 370 g/mol. The second-order valence-electron chi connectivity index (χ2n) is 5.54. The first-order valence-electron chi connectivity index (χ1n) is 8.08. The van der Waals surface area contributed by atoms with Gasteiger partial charge in [0.1, 0.15) is 11.4 Å². The van der Waals surface area contributed by atoms with E-state index in [9.17, 15) is 4.79 Å². The van der Waals surface area contributed by atoms with E-state index in [2.05, 4.69) is 15.6 Å². The minimum atomic E-state index is -0.277. The number of nitrogens with one attached hydrogen (secondary N) is 2. The highest BCUT2D eigenvalue weighted by atomic mass is 35.5. The normalized spacial score (nSPS) is 10.4. The van der Waals surface area contributed by atoms with E-state index in [1.165, 1.54) is 11.3 Å². The molecule has 2 N–H and O–H groups in total. The first-order chi connectivity index (χ1) is 12.5. The van der Waals surface area contributed by atoms with Crippen molar-refractivity contribution in [2.24, 2.45) is 0 Å². The van der Waals surface area contributed by atoms with Crippen molar-refractivity contribution in [1.29, 1.82) is 0 Å². The van der Waals surface area contributed by atoms with E-state index >= 15 is 0 Å². The molecule has 5 nitrogen and oxygen atoms in total. The Morgan fingerprint density at radius 3 is 2.62 bits per heavy atom. The predicted molar refractivity (Wildman–Crippen MR) is 107 cm³/mol. The molecule has 3 aromatic rings. The van der Waals surface area contributed by atoms with E-state index in [0.717, 1.165) is 17.0 Å². The van der Waals surface area contributed by atoms with Crippen molar-refractivity contribution in [2.45, 2.75) is 13.8 Å². The number of ether oxygens (including phenoxy) is 1. The molecule has 0 saturated heterocycles. The number of nitrogens with zero attached hydrogens (tertiary/aromatic N) is 1. The number of anilines is 3. The number of hydrogen-bond acceptors (Lipinski definition) is 5. The zero-order valence-corrected chi connectivity index (χ0v) is 15.9. The summed E-state index contributed by atoms with van der Waals surface area (Å²) in [6, 6.07) is 13.0. The van der Waals surface area contributed by atoms with Gasteiger partial charge in [-0.05, 0) is 55.8 Å². The molecule has 7 heteroatoms. The van der Waals surface area contributed by atoms with E-state index in [-0.39, 0.29) is 5.91 Å². The van der Waals surface area contributed by atoms with Crippen LogP contribution in [0, 0.1) is 6.92 Å².